The van der Waals surface area contributed by atoms with Crippen molar-refractivity contribution in [3.63, 3.8) is 0 Å². The minimum atomic E-state index is 0.371. The summed E-state index contributed by atoms with van der Waals surface area (Å²) in [5.74, 6) is 0.917. The first-order valence-electron chi connectivity index (χ1n) is 4.49. The molecule has 0 amide bonds. The summed E-state index contributed by atoms with van der Waals surface area (Å²) >= 11 is 3.25. The Kier molecular flexibility index (Phi) is 3.00. The molecule has 5 nitrogen and oxygen atoms in total. The van der Waals surface area contributed by atoms with Gasteiger partial charge in [-0.3, -0.25) is 0 Å². The third-order valence-corrected chi connectivity index (χ3v) is 2.37. The summed E-state index contributed by atoms with van der Waals surface area (Å²) in [6.07, 6.45) is 3.20. The van der Waals surface area contributed by atoms with Gasteiger partial charge in [-0.15, -0.1) is 0 Å². The second-order valence-electron chi connectivity index (χ2n) is 3.02. The number of nitrogens with zero attached hydrogens (tertiary/aromatic N) is 3. The van der Waals surface area contributed by atoms with Crippen molar-refractivity contribution >= 4 is 21.7 Å². The zero-order valence-electron chi connectivity index (χ0n) is 8.51. The number of ether oxygens (including phenoxy) is 1. The molecule has 0 bridgehead atoms. The molecular weight excluding hydrogens is 272 g/mol. The highest BCUT2D eigenvalue weighted by Gasteiger charge is 2.07. The van der Waals surface area contributed by atoms with Crippen LogP contribution in [0.25, 0.3) is 11.3 Å². The van der Waals surface area contributed by atoms with Crippen molar-refractivity contribution in [3.05, 3.63) is 29.1 Å². The van der Waals surface area contributed by atoms with Gasteiger partial charge in [0, 0.05) is 17.8 Å². The van der Waals surface area contributed by atoms with Gasteiger partial charge in [0.2, 0.25) is 5.88 Å². The molecule has 0 fully saturated rings. The van der Waals surface area contributed by atoms with Crippen LogP contribution in [-0.4, -0.2) is 22.1 Å². The van der Waals surface area contributed by atoms with Gasteiger partial charge < -0.3 is 10.5 Å². The maximum atomic E-state index is 5.74. The molecule has 0 unspecified atom stereocenters. The quantitative estimate of drug-likeness (QED) is 0.909. The Morgan fingerprint density at radius 3 is 2.69 bits per heavy atom. The van der Waals surface area contributed by atoms with E-state index in [1.54, 1.807) is 25.6 Å². The summed E-state index contributed by atoms with van der Waals surface area (Å²) in [5, 5.41) is 0. The number of rotatable bonds is 2. The zero-order chi connectivity index (χ0) is 11.5. The van der Waals surface area contributed by atoms with Crippen molar-refractivity contribution in [2.75, 3.05) is 12.8 Å². The summed E-state index contributed by atoms with van der Waals surface area (Å²) in [5.41, 5.74) is 7.14. The van der Waals surface area contributed by atoms with Crippen molar-refractivity contribution in [3.8, 4) is 17.1 Å². The van der Waals surface area contributed by atoms with E-state index in [1.165, 1.54) is 0 Å². The lowest BCUT2D eigenvalue weighted by molar-refractivity contribution is 0.398. The number of halogens is 1. The molecule has 0 atom stereocenters. The smallest absolute Gasteiger partial charge is 0.212 e. The van der Waals surface area contributed by atoms with Crippen molar-refractivity contribution in [1.29, 1.82) is 0 Å². The first kappa shape index (κ1) is 10.8. The SMILES string of the molecule is COc1ccc(-c2nc(Br)cnc2N)cn1. The Bertz CT molecular complexity index is 501. The molecule has 82 valence electrons. The van der Waals surface area contributed by atoms with Gasteiger partial charge in [0.25, 0.3) is 0 Å². The molecule has 2 heterocycles. The van der Waals surface area contributed by atoms with Gasteiger partial charge >= 0.3 is 0 Å². The number of hydrogen-bond donors (Lipinski definition) is 1. The van der Waals surface area contributed by atoms with Crippen LogP contribution in [0.5, 0.6) is 5.88 Å². The normalized spacial score (nSPS) is 10.1. The van der Waals surface area contributed by atoms with E-state index in [-0.39, 0.29) is 0 Å². The Hall–Kier alpha value is -1.69. The van der Waals surface area contributed by atoms with Crippen molar-refractivity contribution in [2.24, 2.45) is 0 Å². The van der Waals surface area contributed by atoms with Crippen LogP contribution in [0.2, 0.25) is 0 Å². The average Bonchev–Trinajstić information content (AvgIpc) is 2.32. The van der Waals surface area contributed by atoms with Gasteiger partial charge in [0.15, 0.2) is 0 Å². The molecule has 0 aliphatic heterocycles. The predicted octanol–water partition coefficient (Wildman–Crippen LogP) is 1.89. The van der Waals surface area contributed by atoms with E-state index < -0.39 is 0 Å². The summed E-state index contributed by atoms with van der Waals surface area (Å²) in [6.45, 7) is 0. The van der Waals surface area contributed by atoms with E-state index in [2.05, 4.69) is 30.9 Å². The second kappa shape index (κ2) is 4.44. The number of nitrogens with two attached hydrogens (primary N) is 1. The van der Waals surface area contributed by atoms with E-state index in [0.29, 0.717) is 22.0 Å². The number of nitrogen functional groups attached to an aromatic ring is 1. The maximum absolute atomic E-state index is 5.74. The van der Waals surface area contributed by atoms with Crippen molar-refractivity contribution < 1.29 is 4.74 Å². The largest absolute Gasteiger partial charge is 0.481 e. The van der Waals surface area contributed by atoms with Gasteiger partial charge in [-0.1, -0.05) is 0 Å². The van der Waals surface area contributed by atoms with Crippen LogP contribution in [-0.2, 0) is 0 Å². The first-order chi connectivity index (χ1) is 7.70. The van der Waals surface area contributed by atoms with E-state index in [0.717, 1.165) is 5.56 Å². The zero-order valence-corrected chi connectivity index (χ0v) is 10.1. The molecule has 2 N–H and O–H groups in total. The Balaban J connectivity index is 2.45. The lowest BCUT2D eigenvalue weighted by atomic mass is 10.2. The predicted molar refractivity (Wildman–Crippen MR) is 63.9 cm³/mol. The molecule has 2 aromatic rings. The molecule has 0 aliphatic rings. The molecule has 0 aromatic carbocycles. The lowest BCUT2D eigenvalue weighted by Gasteiger charge is -2.04. The summed E-state index contributed by atoms with van der Waals surface area (Å²) < 4.78 is 5.60. The number of pyridine rings is 1. The highest BCUT2D eigenvalue weighted by Crippen LogP contribution is 2.23. The van der Waals surface area contributed by atoms with Crippen LogP contribution in [0.3, 0.4) is 0 Å². The molecule has 6 heteroatoms. The molecule has 0 spiro atoms. The number of anilines is 1. The molecule has 16 heavy (non-hydrogen) atoms. The summed E-state index contributed by atoms with van der Waals surface area (Å²) in [4.78, 5) is 12.3. The van der Waals surface area contributed by atoms with E-state index in [4.69, 9.17) is 10.5 Å². The Morgan fingerprint density at radius 1 is 1.25 bits per heavy atom. The summed E-state index contributed by atoms with van der Waals surface area (Å²) in [7, 11) is 1.56. The fourth-order valence-electron chi connectivity index (χ4n) is 1.23. The topological polar surface area (TPSA) is 73.9 Å². The average molecular weight is 281 g/mol. The van der Waals surface area contributed by atoms with Crippen LogP contribution in [0, 0.1) is 0 Å². The summed E-state index contributed by atoms with van der Waals surface area (Å²) in [6, 6.07) is 3.58. The van der Waals surface area contributed by atoms with Gasteiger partial charge in [0.1, 0.15) is 16.1 Å². The fraction of sp³-hybridized carbons (Fsp3) is 0.100. The van der Waals surface area contributed by atoms with E-state index in [1.807, 2.05) is 6.07 Å². The van der Waals surface area contributed by atoms with Crippen molar-refractivity contribution in [1.82, 2.24) is 15.0 Å². The number of methoxy groups -OCH3 is 1. The fourth-order valence-corrected chi connectivity index (χ4v) is 1.51. The molecule has 2 rings (SSSR count). The van der Waals surface area contributed by atoms with E-state index in [9.17, 15) is 0 Å². The van der Waals surface area contributed by atoms with Crippen LogP contribution in [0.1, 0.15) is 0 Å². The maximum Gasteiger partial charge on any atom is 0.212 e. The third kappa shape index (κ3) is 2.11. The third-order valence-electron chi connectivity index (χ3n) is 1.99. The monoisotopic (exact) mass is 280 g/mol. The van der Waals surface area contributed by atoms with E-state index >= 15 is 0 Å². The van der Waals surface area contributed by atoms with Crippen molar-refractivity contribution in [2.45, 2.75) is 0 Å². The van der Waals surface area contributed by atoms with Gasteiger partial charge in [0.05, 0.1) is 13.3 Å². The molecular formula is C10H9BrN4O. The minimum Gasteiger partial charge on any atom is -0.481 e. The molecule has 0 aliphatic carbocycles. The second-order valence-corrected chi connectivity index (χ2v) is 3.83. The minimum absolute atomic E-state index is 0.371. The molecule has 2 aromatic heterocycles. The molecule has 0 saturated carbocycles. The van der Waals surface area contributed by atoms with Gasteiger partial charge in [-0.2, -0.15) is 0 Å². The molecule has 0 radical (unpaired) electrons. The van der Waals surface area contributed by atoms with Gasteiger partial charge in [-0.25, -0.2) is 15.0 Å². The van der Waals surface area contributed by atoms with Gasteiger partial charge in [-0.05, 0) is 22.0 Å². The van der Waals surface area contributed by atoms with Crippen LogP contribution in [0.15, 0.2) is 29.1 Å². The Labute approximate surface area is 101 Å². The number of hydrogen-bond acceptors (Lipinski definition) is 5. The van der Waals surface area contributed by atoms with Crippen LogP contribution in [0.4, 0.5) is 5.82 Å². The van der Waals surface area contributed by atoms with Crippen LogP contribution >= 0.6 is 15.9 Å². The first-order valence-corrected chi connectivity index (χ1v) is 5.28. The molecule has 0 saturated heterocycles. The highest BCUT2D eigenvalue weighted by atomic mass is 79.9. The number of aromatic nitrogens is 3. The highest BCUT2D eigenvalue weighted by molar-refractivity contribution is 9.10. The standard InChI is InChI=1S/C10H9BrN4O/c1-16-8-3-2-6(4-13-8)9-10(12)14-5-7(11)15-9/h2-5H,1H3,(H2,12,14). The van der Waals surface area contributed by atoms with Crippen LogP contribution < -0.4 is 10.5 Å². The Morgan fingerprint density at radius 2 is 2.06 bits per heavy atom. The lowest BCUT2D eigenvalue weighted by Crippen LogP contribution is -1.97.